The Bertz CT molecular complexity index is 1800. The van der Waals surface area contributed by atoms with E-state index in [9.17, 15) is 0 Å². The average molecular weight is 566 g/mol. The minimum atomic E-state index is 0.108. The molecule has 0 unspecified atom stereocenters. The molecule has 0 atom stereocenters. The lowest BCUT2D eigenvalue weighted by molar-refractivity contribution is 0.418. The Morgan fingerprint density at radius 2 is 0.884 bits per heavy atom. The Morgan fingerprint density at radius 1 is 0.535 bits per heavy atom. The Hall–Kier alpha value is -5.16. The molecular weight excluding hydrogens is 530 g/mol. The van der Waals surface area contributed by atoms with Gasteiger partial charge in [0.15, 0.2) is 17.3 Å². The van der Waals surface area contributed by atoms with Crippen molar-refractivity contribution in [1.82, 2.24) is 0 Å². The maximum absolute atomic E-state index is 8.27. The van der Waals surface area contributed by atoms with Gasteiger partial charge >= 0.3 is 0 Å². The van der Waals surface area contributed by atoms with E-state index in [0.717, 1.165) is 22.3 Å². The van der Waals surface area contributed by atoms with E-state index in [1.54, 1.807) is 12.1 Å². The second-order valence-electron chi connectivity index (χ2n) is 11.5. The lowest BCUT2D eigenvalue weighted by Gasteiger charge is -2.15. The number of amidine groups is 2. The molecule has 3 N–H and O–H groups in total. The molecule has 5 aromatic carbocycles. The molecule has 0 amide bonds. The van der Waals surface area contributed by atoms with Crippen LogP contribution in [0.5, 0.6) is 23.0 Å². The van der Waals surface area contributed by atoms with Gasteiger partial charge in [0.05, 0.1) is 0 Å². The molecule has 0 radical (unpaired) electrons. The van der Waals surface area contributed by atoms with Crippen LogP contribution in [-0.2, 0) is 0 Å². The molecule has 0 bridgehead atoms. The van der Waals surface area contributed by atoms with Crippen molar-refractivity contribution < 1.29 is 9.47 Å². The molecule has 0 saturated heterocycles. The molecule has 1 aliphatic heterocycles. The molecule has 214 valence electrons. The minimum Gasteiger partial charge on any atom is -0.453 e. The van der Waals surface area contributed by atoms with Crippen molar-refractivity contribution in [3.8, 4) is 45.3 Å². The van der Waals surface area contributed by atoms with Crippen LogP contribution in [-0.4, -0.2) is 11.7 Å². The number of nitrogens with zero attached hydrogens (tertiary/aromatic N) is 1. The van der Waals surface area contributed by atoms with Crippen molar-refractivity contribution in [2.24, 2.45) is 10.7 Å². The lowest BCUT2D eigenvalue weighted by atomic mass is 9.99. The minimum absolute atomic E-state index is 0.108. The van der Waals surface area contributed by atoms with Crippen LogP contribution in [0.4, 0.5) is 0 Å². The maximum atomic E-state index is 8.27. The molecule has 0 saturated carbocycles. The lowest BCUT2D eigenvalue weighted by Crippen LogP contribution is -2.10. The number of rotatable bonds is 8. The van der Waals surface area contributed by atoms with E-state index in [4.69, 9.17) is 20.6 Å². The van der Waals surface area contributed by atoms with E-state index in [1.165, 1.54) is 11.1 Å². The average Bonchev–Trinajstić information content (AvgIpc) is 3.29. The fourth-order valence-electron chi connectivity index (χ4n) is 5.17. The second kappa shape index (κ2) is 11.6. The van der Waals surface area contributed by atoms with Crippen molar-refractivity contribution in [3.63, 3.8) is 0 Å². The van der Waals surface area contributed by atoms with Crippen molar-refractivity contribution in [1.29, 1.82) is 5.41 Å². The zero-order valence-corrected chi connectivity index (χ0v) is 24.9. The maximum Gasteiger partial charge on any atom is 0.170 e. The predicted octanol–water partition coefficient (Wildman–Crippen LogP) is 9.90. The molecule has 0 spiro atoms. The van der Waals surface area contributed by atoms with Gasteiger partial charge in [-0.15, -0.1) is 0 Å². The number of ether oxygens (including phenoxy) is 2. The molecule has 6 rings (SSSR count). The quantitative estimate of drug-likeness (QED) is 0.196. The van der Waals surface area contributed by atoms with Gasteiger partial charge in [-0.05, 0) is 81.6 Å². The number of nitrogens with one attached hydrogen (secondary N) is 1. The van der Waals surface area contributed by atoms with E-state index < -0.39 is 0 Å². The molecule has 0 aromatic heterocycles. The standard InChI is InChI=1S/C38H35N3O2/c1-23(2)25-5-9-27(10-6-25)29-13-17-31(18-14-29)42-35-21-33-34(38(40)41-37(33)39)22-36(35)43-32-19-15-30(16-20-32)28-11-7-26(8-12-28)24(3)4/h5-24H,1-4H3,(H3,39,40,41). The van der Waals surface area contributed by atoms with Crippen molar-refractivity contribution in [2.45, 2.75) is 39.5 Å². The molecule has 0 aliphatic carbocycles. The third-order valence-corrected chi connectivity index (χ3v) is 7.83. The first-order chi connectivity index (χ1) is 20.7. The summed E-state index contributed by atoms with van der Waals surface area (Å²) in [7, 11) is 0. The number of hydrogen-bond acceptors (Lipinski definition) is 4. The first-order valence-corrected chi connectivity index (χ1v) is 14.6. The summed E-state index contributed by atoms with van der Waals surface area (Å²) >= 11 is 0. The number of fused-ring (bicyclic) bond motifs is 1. The van der Waals surface area contributed by atoms with E-state index in [1.807, 2.05) is 48.5 Å². The van der Waals surface area contributed by atoms with Gasteiger partial charge in [0.1, 0.15) is 17.3 Å². The normalized spacial score (nSPS) is 12.4. The Kier molecular flexibility index (Phi) is 7.56. The van der Waals surface area contributed by atoms with E-state index in [0.29, 0.717) is 51.8 Å². The predicted molar refractivity (Wildman–Crippen MR) is 176 cm³/mol. The molecule has 0 fully saturated rings. The molecule has 1 heterocycles. The highest BCUT2D eigenvalue weighted by molar-refractivity contribution is 6.21. The SMILES string of the molecule is CC(C)c1ccc(-c2ccc(Oc3cc4c(cc3Oc3ccc(-c5ccc(C(C)C)cc5)cc3)C(N)=NC4=N)cc2)cc1. The number of aliphatic imine (C=N–C) groups is 1. The smallest absolute Gasteiger partial charge is 0.170 e. The highest BCUT2D eigenvalue weighted by atomic mass is 16.5. The topological polar surface area (TPSA) is 80.7 Å². The summed E-state index contributed by atoms with van der Waals surface area (Å²) in [5, 5.41) is 8.27. The van der Waals surface area contributed by atoms with Gasteiger partial charge in [-0.2, -0.15) is 0 Å². The molecule has 1 aliphatic rings. The third kappa shape index (κ3) is 5.93. The van der Waals surface area contributed by atoms with Gasteiger partial charge in [-0.3, -0.25) is 5.41 Å². The summed E-state index contributed by atoms with van der Waals surface area (Å²) in [6, 6.07) is 36.9. The summed E-state index contributed by atoms with van der Waals surface area (Å²) in [4.78, 5) is 4.14. The van der Waals surface area contributed by atoms with Crippen LogP contribution >= 0.6 is 0 Å². The highest BCUT2D eigenvalue weighted by Gasteiger charge is 2.23. The molecule has 43 heavy (non-hydrogen) atoms. The Morgan fingerprint density at radius 3 is 1.26 bits per heavy atom. The molecule has 5 nitrogen and oxygen atoms in total. The fraction of sp³-hybridized carbons (Fsp3) is 0.158. The first kappa shape index (κ1) is 28.0. The molecule has 5 heteroatoms. The Balaban J connectivity index is 1.25. The van der Waals surface area contributed by atoms with Crippen LogP contribution in [0.3, 0.4) is 0 Å². The summed E-state index contributed by atoms with van der Waals surface area (Å²) in [6.45, 7) is 8.79. The van der Waals surface area contributed by atoms with Gasteiger partial charge < -0.3 is 15.2 Å². The van der Waals surface area contributed by atoms with Crippen molar-refractivity contribution in [3.05, 3.63) is 131 Å². The molecule has 5 aromatic rings. The third-order valence-electron chi connectivity index (χ3n) is 7.83. The highest BCUT2D eigenvalue weighted by Crippen LogP contribution is 2.39. The van der Waals surface area contributed by atoms with Crippen LogP contribution in [0, 0.1) is 5.41 Å². The van der Waals surface area contributed by atoms with E-state index >= 15 is 0 Å². The largest absolute Gasteiger partial charge is 0.453 e. The van der Waals surface area contributed by atoms with Gasteiger partial charge in [0.2, 0.25) is 0 Å². The van der Waals surface area contributed by atoms with E-state index in [2.05, 4.69) is 81.2 Å². The fourth-order valence-corrected chi connectivity index (χ4v) is 5.17. The van der Waals surface area contributed by atoms with Gasteiger partial charge in [-0.1, -0.05) is 100 Å². The monoisotopic (exact) mass is 565 g/mol. The van der Waals surface area contributed by atoms with Crippen molar-refractivity contribution >= 4 is 11.7 Å². The van der Waals surface area contributed by atoms with Gasteiger partial charge in [0.25, 0.3) is 0 Å². The second-order valence-corrected chi connectivity index (χ2v) is 11.5. The molecular formula is C38H35N3O2. The van der Waals surface area contributed by atoms with Gasteiger partial charge in [0, 0.05) is 11.1 Å². The zero-order valence-electron chi connectivity index (χ0n) is 24.9. The summed E-state index contributed by atoms with van der Waals surface area (Å²) in [5.41, 5.74) is 14.6. The zero-order chi connectivity index (χ0) is 30.1. The van der Waals surface area contributed by atoms with Crippen molar-refractivity contribution in [2.75, 3.05) is 0 Å². The van der Waals surface area contributed by atoms with Gasteiger partial charge in [-0.25, -0.2) is 4.99 Å². The number of benzene rings is 5. The summed E-state index contributed by atoms with van der Waals surface area (Å²) in [5.74, 6) is 3.69. The number of hydrogen-bond donors (Lipinski definition) is 2. The van der Waals surface area contributed by atoms with Crippen LogP contribution in [0.1, 0.15) is 61.8 Å². The van der Waals surface area contributed by atoms with Crippen LogP contribution in [0.25, 0.3) is 22.3 Å². The van der Waals surface area contributed by atoms with Crippen LogP contribution < -0.4 is 15.2 Å². The van der Waals surface area contributed by atoms with Crippen LogP contribution in [0.2, 0.25) is 0 Å². The summed E-state index contributed by atoms with van der Waals surface area (Å²) < 4.78 is 12.7. The first-order valence-electron chi connectivity index (χ1n) is 14.6. The number of nitrogens with two attached hydrogens (primary N) is 1. The van der Waals surface area contributed by atoms with Crippen LogP contribution in [0.15, 0.2) is 114 Å². The Labute approximate surface area is 253 Å². The van der Waals surface area contributed by atoms with E-state index in [-0.39, 0.29) is 5.84 Å². The summed E-state index contributed by atoms with van der Waals surface area (Å²) in [6.07, 6.45) is 0.